The van der Waals surface area contributed by atoms with Crippen molar-refractivity contribution in [1.82, 2.24) is 10.6 Å². The van der Waals surface area contributed by atoms with Crippen molar-refractivity contribution in [3.8, 4) is 5.75 Å². The van der Waals surface area contributed by atoms with Crippen molar-refractivity contribution in [3.05, 3.63) is 29.8 Å². The fourth-order valence-electron chi connectivity index (χ4n) is 1.91. The van der Waals surface area contributed by atoms with Crippen LogP contribution in [0.4, 0.5) is 0 Å². The summed E-state index contributed by atoms with van der Waals surface area (Å²) in [6.45, 7) is 5.24. The maximum atomic E-state index is 11.5. The number of rotatable bonds is 8. The van der Waals surface area contributed by atoms with Crippen molar-refractivity contribution in [3.63, 3.8) is 0 Å². The van der Waals surface area contributed by atoms with Crippen LogP contribution in [0.1, 0.15) is 38.7 Å². The van der Waals surface area contributed by atoms with Crippen molar-refractivity contribution in [2.24, 2.45) is 0 Å². The van der Waals surface area contributed by atoms with Crippen molar-refractivity contribution >= 4 is 5.91 Å². The van der Waals surface area contributed by atoms with Crippen LogP contribution in [-0.2, 0) is 11.3 Å². The molecule has 2 N–H and O–H groups in total. The van der Waals surface area contributed by atoms with Gasteiger partial charge in [-0.2, -0.15) is 0 Å². The topological polar surface area (TPSA) is 50.4 Å². The summed E-state index contributed by atoms with van der Waals surface area (Å²) in [6, 6.07) is 8.97. The Morgan fingerprint density at radius 3 is 2.60 bits per heavy atom. The molecule has 110 valence electrons. The van der Waals surface area contributed by atoms with E-state index in [2.05, 4.69) is 22.8 Å². The standard InChI is InChI=1S/C16H24N2O2/c1-12(2)18-16(19)9-10-20-15-7-3-13(4-8-15)11-17-14-5-6-14/h3-4,7-8,12,14,17H,5-6,9-11H2,1-2H3,(H,18,19). The van der Waals surface area contributed by atoms with Gasteiger partial charge in [-0.1, -0.05) is 12.1 Å². The normalized spacial score (nSPS) is 14.3. The van der Waals surface area contributed by atoms with Crippen LogP contribution in [0.15, 0.2) is 24.3 Å². The van der Waals surface area contributed by atoms with E-state index in [9.17, 15) is 4.79 Å². The molecule has 0 saturated heterocycles. The molecule has 1 amide bonds. The largest absolute Gasteiger partial charge is 0.493 e. The highest BCUT2D eigenvalue weighted by atomic mass is 16.5. The van der Waals surface area contributed by atoms with Crippen LogP contribution >= 0.6 is 0 Å². The molecule has 0 spiro atoms. The van der Waals surface area contributed by atoms with Gasteiger partial charge in [-0.25, -0.2) is 0 Å². The summed E-state index contributed by atoms with van der Waals surface area (Å²) in [5.74, 6) is 0.850. The highest BCUT2D eigenvalue weighted by Crippen LogP contribution is 2.19. The molecule has 2 rings (SSSR count). The Hall–Kier alpha value is -1.55. The molecule has 0 radical (unpaired) electrons. The Morgan fingerprint density at radius 1 is 1.30 bits per heavy atom. The van der Waals surface area contributed by atoms with Gasteiger partial charge >= 0.3 is 0 Å². The quantitative estimate of drug-likeness (QED) is 0.765. The maximum absolute atomic E-state index is 11.5. The fourth-order valence-corrected chi connectivity index (χ4v) is 1.91. The molecule has 0 unspecified atom stereocenters. The summed E-state index contributed by atoms with van der Waals surface area (Å²) in [5.41, 5.74) is 1.27. The van der Waals surface area contributed by atoms with Crippen LogP contribution in [-0.4, -0.2) is 24.6 Å². The van der Waals surface area contributed by atoms with E-state index in [4.69, 9.17) is 4.74 Å². The fraction of sp³-hybridized carbons (Fsp3) is 0.562. The Morgan fingerprint density at radius 2 is 2.00 bits per heavy atom. The van der Waals surface area contributed by atoms with E-state index >= 15 is 0 Å². The zero-order chi connectivity index (χ0) is 14.4. The minimum Gasteiger partial charge on any atom is -0.493 e. The van der Waals surface area contributed by atoms with Crippen molar-refractivity contribution in [1.29, 1.82) is 0 Å². The monoisotopic (exact) mass is 276 g/mol. The van der Waals surface area contributed by atoms with Gasteiger partial charge in [0.05, 0.1) is 13.0 Å². The van der Waals surface area contributed by atoms with Crippen LogP contribution in [0, 0.1) is 0 Å². The number of hydrogen-bond acceptors (Lipinski definition) is 3. The molecule has 1 aliphatic carbocycles. The van der Waals surface area contributed by atoms with E-state index in [1.54, 1.807) is 0 Å². The average molecular weight is 276 g/mol. The van der Waals surface area contributed by atoms with Crippen molar-refractivity contribution in [2.45, 2.75) is 51.7 Å². The molecule has 1 aromatic carbocycles. The number of ether oxygens (including phenoxy) is 1. The Kier molecular flexibility index (Phi) is 5.41. The smallest absolute Gasteiger partial charge is 0.223 e. The van der Waals surface area contributed by atoms with Crippen molar-refractivity contribution in [2.75, 3.05) is 6.61 Å². The number of benzene rings is 1. The molecule has 20 heavy (non-hydrogen) atoms. The molecule has 0 bridgehead atoms. The minimum atomic E-state index is 0.0326. The summed E-state index contributed by atoms with van der Waals surface area (Å²) in [6.07, 6.45) is 3.00. The second-order valence-corrected chi connectivity index (χ2v) is 5.62. The molecule has 4 heteroatoms. The summed E-state index contributed by atoms with van der Waals surface area (Å²) in [5, 5.41) is 6.32. The number of nitrogens with one attached hydrogen (secondary N) is 2. The third-order valence-corrected chi connectivity index (χ3v) is 3.14. The Labute approximate surface area is 120 Å². The molecule has 0 heterocycles. The van der Waals surface area contributed by atoms with E-state index in [0.29, 0.717) is 13.0 Å². The first kappa shape index (κ1) is 14.9. The van der Waals surface area contributed by atoms with Crippen LogP contribution in [0.2, 0.25) is 0 Å². The number of hydrogen-bond donors (Lipinski definition) is 2. The summed E-state index contributed by atoms with van der Waals surface area (Å²) < 4.78 is 5.57. The SMILES string of the molecule is CC(C)NC(=O)CCOc1ccc(CNC2CC2)cc1. The van der Waals surface area contributed by atoms with Crippen LogP contribution in [0.25, 0.3) is 0 Å². The third-order valence-electron chi connectivity index (χ3n) is 3.14. The summed E-state index contributed by atoms with van der Waals surface area (Å²) >= 11 is 0. The lowest BCUT2D eigenvalue weighted by atomic mass is 10.2. The molecule has 1 aromatic rings. The molecule has 1 aliphatic rings. The van der Waals surface area contributed by atoms with Gasteiger partial charge in [-0.15, -0.1) is 0 Å². The Balaban J connectivity index is 1.66. The Bertz CT molecular complexity index is 425. The van der Waals surface area contributed by atoms with Gasteiger partial charge in [-0.05, 0) is 44.4 Å². The summed E-state index contributed by atoms with van der Waals surface area (Å²) in [7, 11) is 0. The molecular formula is C16H24N2O2. The lowest BCUT2D eigenvalue weighted by Crippen LogP contribution is -2.31. The molecule has 0 aromatic heterocycles. The molecular weight excluding hydrogens is 252 g/mol. The predicted octanol–water partition coefficient (Wildman–Crippen LogP) is 2.23. The molecule has 1 saturated carbocycles. The van der Waals surface area contributed by atoms with Gasteiger partial charge in [0.2, 0.25) is 5.91 Å². The van der Waals surface area contributed by atoms with E-state index in [0.717, 1.165) is 18.3 Å². The van der Waals surface area contributed by atoms with Crippen LogP contribution < -0.4 is 15.4 Å². The van der Waals surface area contributed by atoms with Gasteiger partial charge in [-0.3, -0.25) is 4.79 Å². The van der Waals surface area contributed by atoms with Gasteiger partial charge in [0.1, 0.15) is 5.75 Å². The molecule has 4 nitrogen and oxygen atoms in total. The van der Waals surface area contributed by atoms with Gasteiger partial charge < -0.3 is 15.4 Å². The zero-order valence-corrected chi connectivity index (χ0v) is 12.3. The number of carbonyl (C=O) groups excluding carboxylic acids is 1. The van der Waals surface area contributed by atoms with Crippen LogP contribution in [0.3, 0.4) is 0 Å². The lowest BCUT2D eigenvalue weighted by Gasteiger charge is -2.10. The second kappa shape index (κ2) is 7.29. The zero-order valence-electron chi connectivity index (χ0n) is 12.3. The van der Waals surface area contributed by atoms with E-state index in [1.807, 2.05) is 26.0 Å². The van der Waals surface area contributed by atoms with Crippen LogP contribution in [0.5, 0.6) is 5.75 Å². The molecule has 1 fully saturated rings. The van der Waals surface area contributed by atoms with E-state index < -0.39 is 0 Å². The second-order valence-electron chi connectivity index (χ2n) is 5.62. The summed E-state index contributed by atoms with van der Waals surface area (Å²) in [4.78, 5) is 11.5. The number of carbonyl (C=O) groups is 1. The van der Waals surface area contributed by atoms with Gasteiger partial charge in [0.25, 0.3) is 0 Å². The maximum Gasteiger partial charge on any atom is 0.223 e. The first-order valence-electron chi connectivity index (χ1n) is 7.38. The predicted molar refractivity (Wildman–Crippen MR) is 79.7 cm³/mol. The minimum absolute atomic E-state index is 0.0326. The first-order chi connectivity index (χ1) is 9.63. The van der Waals surface area contributed by atoms with E-state index in [1.165, 1.54) is 18.4 Å². The highest BCUT2D eigenvalue weighted by Gasteiger charge is 2.19. The first-order valence-corrected chi connectivity index (χ1v) is 7.38. The highest BCUT2D eigenvalue weighted by molar-refractivity contribution is 5.76. The van der Waals surface area contributed by atoms with Gasteiger partial charge in [0, 0.05) is 18.6 Å². The number of amides is 1. The van der Waals surface area contributed by atoms with Crippen molar-refractivity contribution < 1.29 is 9.53 Å². The molecule has 0 atom stereocenters. The molecule has 0 aliphatic heterocycles. The van der Waals surface area contributed by atoms with E-state index in [-0.39, 0.29) is 11.9 Å². The average Bonchev–Trinajstić information content (AvgIpc) is 3.21. The lowest BCUT2D eigenvalue weighted by molar-refractivity contribution is -0.122. The van der Waals surface area contributed by atoms with Gasteiger partial charge in [0.15, 0.2) is 0 Å². The third kappa shape index (κ3) is 5.61.